The van der Waals surface area contributed by atoms with E-state index < -0.39 is 28.6 Å². The van der Waals surface area contributed by atoms with Crippen molar-refractivity contribution in [2.24, 2.45) is 10.8 Å². The molecule has 1 saturated carbocycles. The van der Waals surface area contributed by atoms with Gasteiger partial charge in [0.1, 0.15) is 18.3 Å². The Hall–Kier alpha value is -1.24. The van der Waals surface area contributed by atoms with Crippen LogP contribution < -0.4 is 0 Å². The molecular formula is C17H22O6. The molecule has 0 amide bonds. The van der Waals surface area contributed by atoms with E-state index in [0.717, 1.165) is 6.42 Å². The van der Waals surface area contributed by atoms with Crippen molar-refractivity contribution >= 4 is 11.8 Å². The Labute approximate surface area is 134 Å². The molecule has 0 aromatic rings. The quantitative estimate of drug-likeness (QED) is 0.459. The van der Waals surface area contributed by atoms with E-state index in [1.807, 2.05) is 19.9 Å². The second-order valence-corrected chi connectivity index (χ2v) is 7.57. The zero-order valence-electron chi connectivity index (χ0n) is 13.6. The van der Waals surface area contributed by atoms with Crippen molar-refractivity contribution in [3.63, 3.8) is 0 Å². The number of esters is 1. The van der Waals surface area contributed by atoms with E-state index in [1.54, 1.807) is 0 Å². The third kappa shape index (κ3) is 1.59. The van der Waals surface area contributed by atoms with Gasteiger partial charge in [0.25, 0.3) is 0 Å². The summed E-state index contributed by atoms with van der Waals surface area (Å²) in [7, 11) is 0. The maximum atomic E-state index is 12.6. The third-order valence-electron chi connectivity index (χ3n) is 6.63. The highest BCUT2D eigenvalue weighted by molar-refractivity contribution is 5.94. The molecule has 0 unspecified atom stereocenters. The van der Waals surface area contributed by atoms with Crippen molar-refractivity contribution in [1.82, 2.24) is 0 Å². The van der Waals surface area contributed by atoms with Crippen LogP contribution in [0.4, 0.5) is 0 Å². The van der Waals surface area contributed by atoms with E-state index in [2.05, 4.69) is 0 Å². The Morgan fingerprint density at radius 1 is 1.52 bits per heavy atom. The monoisotopic (exact) mass is 322 g/mol. The number of fused-ring (bicyclic) bond motifs is 2. The van der Waals surface area contributed by atoms with Crippen molar-refractivity contribution in [1.29, 1.82) is 0 Å². The summed E-state index contributed by atoms with van der Waals surface area (Å²) in [6.07, 6.45) is 1.26. The SMILES string of the molecule is CC(=O)OC[C@]12CCC(C)=C[C@H]1O[C@@H]1C(=O)[C@H](O)[C@@]2(C)[C@]12CO2. The summed E-state index contributed by atoms with van der Waals surface area (Å²) in [5.74, 6) is -0.688. The molecule has 126 valence electrons. The molecule has 3 fully saturated rings. The minimum Gasteiger partial charge on any atom is -0.465 e. The number of carbonyl (C=O) groups is 2. The lowest BCUT2D eigenvalue weighted by Gasteiger charge is -2.57. The Morgan fingerprint density at radius 2 is 2.22 bits per heavy atom. The summed E-state index contributed by atoms with van der Waals surface area (Å²) in [5.41, 5.74) is -1.07. The van der Waals surface area contributed by atoms with Crippen LogP contribution in [0.25, 0.3) is 0 Å². The zero-order valence-corrected chi connectivity index (χ0v) is 13.6. The summed E-state index contributed by atoms with van der Waals surface area (Å²) in [6.45, 7) is 5.81. The van der Waals surface area contributed by atoms with Crippen LogP contribution in [0.5, 0.6) is 0 Å². The minimum atomic E-state index is -1.16. The number of carbonyl (C=O) groups excluding carboxylic acids is 2. The summed E-state index contributed by atoms with van der Waals surface area (Å²) < 4.78 is 17.2. The maximum Gasteiger partial charge on any atom is 0.302 e. The molecule has 2 heterocycles. The van der Waals surface area contributed by atoms with Crippen LogP contribution in [0, 0.1) is 10.8 Å². The number of rotatable bonds is 2. The summed E-state index contributed by atoms with van der Waals surface area (Å²) >= 11 is 0. The highest BCUT2D eigenvalue weighted by atomic mass is 16.6. The first-order chi connectivity index (χ1) is 10.8. The number of allylic oxidation sites excluding steroid dienone is 1. The predicted octanol–water partition coefficient (Wildman–Crippen LogP) is 0.762. The first-order valence-corrected chi connectivity index (χ1v) is 8.10. The molecule has 23 heavy (non-hydrogen) atoms. The third-order valence-corrected chi connectivity index (χ3v) is 6.63. The van der Waals surface area contributed by atoms with Crippen molar-refractivity contribution < 1.29 is 28.9 Å². The molecule has 4 rings (SSSR count). The van der Waals surface area contributed by atoms with Crippen LogP contribution >= 0.6 is 0 Å². The van der Waals surface area contributed by atoms with E-state index in [1.165, 1.54) is 12.5 Å². The molecule has 2 aliphatic heterocycles. The molecule has 2 saturated heterocycles. The molecule has 2 bridgehead atoms. The van der Waals surface area contributed by atoms with Gasteiger partial charge >= 0.3 is 5.97 Å². The average molecular weight is 322 g/mol. The number of aliphatic hydroxyl groups excluding tert-OH is 1. The van der Waals surface area contributed by atoms with Gasteiger partial charge in [-0.15, -0.1) is 0 Å². The molecule has 1 N–H and O–H groups in total. The summed E-state index contributed by atoms with van der Waals surface area (Å²) in [4.78, 5) is 24.0. The lowest BCUT2D eigenvalue weighted by atomic mass is 9.51. The van der Waals surface area contributed by atoms with E-state index >= 15 is 0 Å². The van der Waals surface area contributed by atoms with Gasteiger partial charge in [-0.1, -0.05) is 18.6 Å². The smallest absolute Gasteiger partial charge is 0.302 e. The van der Waals surface area contributed by atoms with Gasteiger partial charge in [0.05, 0.1) is 12.7 Å². The van der Waals surface area contributed by atoms with Crippen LogP contribution in [0.15, 0.2) is 11.6 Å². The van der Waals surface area contributed by atoms with Gasteiger partial charge in [-0.2, -0.15) is 0 Å². The van der Waals surface area contributed by atoms with Crippen LogP contribution in [-0.4, -0.2) is 54.0 Å². The Kier molecular flexibility index (Phi) is 2.95. The summed E-state index contributed by atoms with van der Waals surface area (Å²) in [5, 5.41) is 10.8. The first kappa shape index (κ1) is 15.3. The Morgan fingerprint density at radius 3 is 2.83 bits per heavy atom. The van der Waals surface area contributed by atoms with Crippen LogP contribution in [0.3, 0.4) is 0 Å². The van der Waals surface area contributed by atoms with Crippen molar-refractivity contribution in [3.8, 4) is 0 Å². The molecule has 6 atom stereocenters. The first-order valence-electron chi connectivity index (χ1n) is 8.10. The van der Waals surface area contributed by atoms with Gasteiger partial charge in [-0.25, -0.2) is 0 Å². The number of aliphatic hydroxyl groups is 1. The molecule has 0 radical (unpaired) electrons. The second-order valence-electron chi connectivity index (χ2n) is 7.57. The number of ketones is 1. The Bertz CT molecular complexity index is 621. The van der Waals surface area contributed by atoms with E-state index in [4.69, 9.17) is 14.2 Å². The number of hydrogen-bond acceptors (Lipinski definition) is 6. The molecule has 0 aromatic heterocycles. The molecular weight excluding hydrogens is 300 g/mol. The van der Waals surface area contributed by atoms with Crippen LogP contribution in [-0.2, 0) is 23.8 Å². The van der Waals surface area contributed by atoms with Crippen molar-refractivity contribution in [2.75, 3.05) is 13.2 Å². The highest BCUT2D eigenvalue weighted by Gasteiger charge is 2.85. The van der Waals surface area contributed by atoms with Gasteiger partial charge < -0.3 is 19.3 Å². The fourth-order valence-corrected chi connectivity index (χ4v) is 5.03. The van der Waals surface area contributed by atoms with Gasteiger partial charge in [0.2, 0.25) is 0 Å². The highest BCUT2D eigenvalue weighted by Crippen LogP contribution is 2.70. The molecule has 0 aromatic carbocycles. The van der Waals surface area contributed by atoms with Crippen LogP contribution in [0.1, 0.15) is 33.6 Å². The van der Waals surface area contributed by atoms with Gasteiger partial charge in [0.15, 0.2) is 11.9 Å². The number of hydrogen-bond donors (Lipinski definition) is 1. The average Bonchev–Trinajstić information content (AvgIpc) is 3.28. The fourth-order valence-electron chi connectivity index (χ4n) is 5.03. The Balaban J connectivity index is 1.86. The second kappa shape index (κ2) is 4.43. The van der Waals surface area contributed by atoms with Gasteiger partial charge in [-0.05, 0) is 19.8 Å². The zero-order chi connectivity index (χ0) is 16.6. The fraction of sp³-hybridized carbons (Fsp3) is 0.765. The topological polar surface area (TPSA) is 85.4 Å². The largest absolute Gasteiger partial charge is 0.465 e. The number of Topliss-reactive ketones (excluding diaryl/α,β-unsaturated/α-hetero) is 1. The molecule has 4 aliphatic rings. The number of ether oxygens (including phenoxy) is 3. The molecule has 6 nitrogen and oxygen atoms in total. The lowest BCUT2D eigenvalue weighted by Crippen LogP contribution is -2.66. The van der Waals surface area contributed by atoms with Crippen molar-refractivity contribution in [3.05, 3.63) is 11.6 Å². The van der Waals surface area contributed by atoms with E-state index in [0.29, 0.717) is 13.0 Å². The standard InChI is InChI=1S/C17H22O6/c1-9-4-5-16(7-21-10(2)18)11(6-9)23-14-12(19)13(20)15(16,3)17(14)8-22-17/h6,11,13-14,20H,4-5,7-8H2,1-3H3/t11-,13+,14-,15-,16-,17+/m1/s1. The minimum absolute atomic E-state index is 0.120. The summed E-state index contributed by atoms with van der Waals surface area (Å²) in [6, 6.07) is 0. The molecule has 2 aliphatic carbocycles. The molecule has 6 heteroatoms. The normalized spacial score (nSPS) is 50.5. The lowest BCUT2D eigenvalue weighted by molar-refractivity contribution is -0.229. The van der Waals surface area contributed by atoms with E-state index in [9.17, 15) is 14.7 Å². The van der Waals surface area contributed by atoms with Gasteiger partial charge in [0, 0.05) is 17.8 Å². The number of epoxide rings is 1. The predicted molar refractivity (Wildman–Crippen MR) is 78.5 cm³/mol. The van der Waals surface area contributed by atoms with Gasteiger partial charge in [-0.3, -0.25) is 9.59 Å². The molecule has 1 spiro atoms. The van der Waals surface area contributed by atoms with Crippen molar-refractivity contribution in [2.45, 2.75) is 57.5 Å². The van der Waals surface area contributed by atoms with E-state index in [-0.39, 0.29) is 24.5 Å². The maximum absolute atomic E-state index is 12.6. The van der Waals surface area contributed by atoms with Crippen LogP contribution in [0.2, 0.25) is 0 Å².